The van der Waals surface area contributed by atoms with E-state index in [0.717, 1.165) is 58.4 Å². The zero-order chi connectivity index (χ0) is 18.2. The molecule has 0 unspecified atom stereocenters. The molecule has 0 spiro atoms. The van der Waals surface area contributed by atoms with Crippen LogP contribution in [0.5, 0.6) is 0 Å². The number of rotatable bonds is 4. The van der Waals surface area contributed by atoms with Gasteiger partial charge in [-0.2, -0.15) is 0 Å². The maximum atomic E-state index is 5.77. The van der Waals surface area contributed by atoms with Crippen molar-refractivity contribution in [3.05, 3.63) is 59.7 Å². The fourth-order valence-electron chi connectivity index (χ4n) is 3.01. The molecule has 26 heavy (non-hydrogen) atoms. The van der Waals surface area contributed by atoms with Gasteiger partial charge in [0, 0.05) is 35.7 Å². The Labute approximate surface area is 165 Å². The standard InChI is InChI=1S/C24H20Cl2/c25-17-9-1-3-11-19-21-13-5-7-15-23(21)20(12-4-2-10-18-26)24-16-8-6-14-22(19)24/h5-8,13-16H,1-2,9-10,17-18H2. The van der Waals surface area contributed by atoms with E-state index in [4.69, 9.17) is 23.2 Å². The molecular weight excluding hydrogens is 359 g/mol. The molecule has 0 radical (unpaired) electrons. The van der Waals surface area contributed by atoms with E-state index >= 15 is 0 Å². The lowest BCUT2D eigenvalue weighted by atomic mass is 9.92. The molecule has 3 aromatic carbocycles. The molecule has 0 atom stereocenters. The Morgan fingerprint density at radius 2 is 0.923 bits per heavy atom. The summed E-state index contributed by atoms with van der Waals surface area (Å²) < 4.78 is 0. The normalized spacial score (nSPS) is 10.2. The van der Waals surface area contributed by atoms with Crippen molar-refractivity contribution in [1.29, 1.82) is 0 Å². The fourth-order valence-corrected chi connectivity index (χ4v) is 3.28. The monoisotopic (exact) mass is 378 g/mol. The molecule has 0 aliphatic carbocycles. The molecule has 0 bridgehead atoms. The number of alkyl halides is 2. The van der Waals surface area contributed by atoms with Crippen molar-refractivity contribution in [2.45, 2.75) is 25.7 Å². The molecular formula is C24H20Cl2. The molecule has 0 aromatic heterocycles. The summed E-state index contributed by atoms with van der Waals surface area (Å²) in [7, 11) is 0. The molecule has 0 amide bonds. The largest absolute Gasteiger partial charge is 0.127 e. The van der Waals surface area contributed by atoms with Crippen LogP contribution in [-0.4, -0.2) is 11.8 Å². The van der Waals surface area contributed by atoms with E-state index in [0.29, 0.717) is 11.8 Å². The van der Waals surface area contributed by atoms with E-state index in [-0.39, 0.29) is 0 Å². The minimum Gasteiger partial charge on any atom is -0.127 e. The van der Waals surface area contributed by atoms with Crippen molar-refractivity contribution in [2.75, 3.05) is 11.8 Å². The average Bonchev–Trinajstić information content (AvgIpc) is 2.69. The van der Waals surface area contributed by atoms with Gasteiger partial charge in [-0.15, -0.1) is 23.2 Å². The minimum atomic E-state index is 0.646. The maximum absolute atomic E-state index is 5.77. The van der Waals surface area contributed by atoms with Crippen molar-refractivity contribution in [3.63, 3.8) is 0 Å². The number of hydrogen-bond acceptors (Lipinski definition) is 0. The Bertz CT molecular complexity index is 885. The van der Waals surface area contributed by atoms with E-state index in [1.165, 1.54) is 0 Å². The van der Waals surface area contributed by atoms with Gasteiger partial charge in [-0.25, -0.2) is 0 Å². The zero-order valence-corrected chi connectivity index (χ0v) is 16.1. The molecule has 0 aliphatic heterocycles. The van der Waals surface area contributed by atoms with Crippen molar-refractivity contribution in [1.82, 2.24) is 0 Å². The summed E-state index contributed by atoms with van der Waals surface area (Å²) in [5, 5.41) is 4.63. The maximum Gasteiger partial charge on any atom is 0.0403 e. The van der Waals surface area contributed by atoms with E-state index in [2.05, 4.69) is 72.2 Å². The topological polar surface area (TPSA) is 0 Å². The number of unbranched alkanes of at least 4 members (excludes halogenated alkanes) is 2. The Morgan fingerprint density at radius 1 is 0.577 bits per heavy atom. The van der Waals surface area contributed by atoms with Gasteiger partial charge in [-0.05, 0) is 34.4 Å². The molecule has 0 nitrogen and oxygen atoms in total. The third-order valence-corrected chi connectivity index (χ3v) is 4.76. The highest BCUT2D eigenvalue weighted by Crippen LogP contribution is 2.32. The van der Waals surface area contributed by atoms with Crippen molar-refractivity contribution in [3.8, 4) is 23.7 Å². The highest BCUT2D eigenvalue weighted by molar-refractivity contribution is 6.18. The average molecular weight is 379 g/mol. The van der Waals surface area contributed by atoms with Crippen molar-refractivity contribution in [2.24, 2.45) is 0 Å². The van der Waals surface area contributed by atoms with Crippen molar-refractivity contribution >= 4 is 44.7 Å². The summed E-state index contributed by atoms with van der Waals surface area (Å²) in [6.07, 6.45) is 3.45. The SMILES string of the molecule is ClCCCC#Cc1c2ccccc2c(C#CCCCCl)c2ccccc12. The molecule has 0 saturated heterocycles. The van der Waals surface area contributed by atoms with E-state index in [1.807, 2.05) is 0 Å². The highest BCUT2D eigenvalue weighted by atomic mass is 35.5. The highest BCUT2D eigenvalue weighted by Gasteiger charge is 2.10. The lowest BCUT2D eigenvalue weighted by molar-refractivity contribution is 0.991. The van der Waals surface area contributed by atoms with Gasteiger partial charge < -0.3 is 0 Å². The smallest absolute Gasteiger partial charge is 0.0403 e. The van der Waals surface area contributed by atoms with Gasteiger partial charge in [0.2, 0.25) is 0 Å². The van der Waals surface area contributed by atoms with Gasteiger partial charge in [0.25, 0.3) is 0 Å². The second-order valence-corrected chi connectivity index (χ2v) is 6.79. The third kappa shape index (κ3) is 4.16. The predicted molar refractivity (Wildman–Crippen MR) is 115 cm³/mol. The van der Waals surface area contributed by atoms with Crippen LogP contribution in [0.3, 0.4) is 0 Å². The minimum absolute atomic E-state index is 0.646. The Balaban J connectivity index is 2.24. The number of hydrogen-bond donors (Lipinski definition) is 0. The van der Waals surface area contributed by atoms with Gasteiger partial charge in [0.05, 0.1) is 0 Å². The van der Waals surface area contributed by atoms with Crippen LogP contribution in [0.2, 0.25) is 0 Å². The van der Waals surface area contributed by atoms with E-state index in [9.17, 15) is 0 Å². The molecule has 130 valence electrons. The lowest BCUT2D eigenvalue weighted by Gasteiger charge is -2.10. The second kappa shape index (κ2) is 9.54. The van der Waals surface area contributed by atoms with Crippen LogP contribution in [0.1, 0.15) is 36.8 Å². The predicted octanol–water partition coefficient (Wildman–Crippen LogP) is 6.73. The van der Waals surface area contributed by atoms with Crippen LogP contribution in [0, 0.1) is 23.7 Å². The summed E-state index contributed by atoms with van der Waals surface area (Å²) in [5.41, 5.74) is 2.16. The molecule has 0 aliphatic rings. The first-order valence-corrected chi connectivity index (χ1v) is 9.97. The van der Waals surface area contributed by atoms with Crippen LogP contribution in [0.4, 0.5) is 0 Å². The molecule has 2 heteroatoms. The number of halogens is 2. The summed E-state index contributed by atoms with van der Waals surface area (Å²) in [4.78, 5) is 0. The zero-order valence-electron chi connectivity index (χ0n) is 14.6. The summed E-state index contributed by atoms with van der Waals surface area (Å²) >= 11 is 11.5. The summed E-state index contributed by atoms with van der Waals surface area (Å²) in [5.74, 6) is 14.6. The lowest BCUT2D eigenvalue weighted by Crippen LogP contribution is -1.90. The van der Waals surface area contributed by atoms with Gasteiger partial charge in [0.15, 0.2) is 0 Å². The van der Waals surface area contributed by atoms with Crippen molar-refractivity contribution < 1.29 is 0 Å². The first kappa shape index (κ1) is 18.7. The fraction of sp³-hybridized carbons (Fsp3) is 0.250. The van der Waals surface area contributed by atoms with Crippen LogP contribution < -0.4 is 0 Å². The summed E-state index contributed by atoms with van der Waals surface area (Å²) in [6.45, 7) is 0. The number of fused-ring (bicyclic) bond motifs is 2. The number of benzene rings is 3. The first-order chi connectivity index (χ1) is 12.9. The Hall–Kier alpha value is -2.12. The van der Waals surface area contributed by atoms with Gasteiger partial charge in [-0.3, -0.25) is 0 Å². The first-order valence-electron chi connectivity index (χ1n) is 8.90. The molecule has 0 heterocycles. The van der Waals surface area contributed by atoms with Gasteiger partial charge >= 0.3 is 0 Å². The molecule has 0 N–H and O–H groups in total. The van der Waals surface area contributed by atoms with E-state index in [1.54, 1.807) is 0 Å². The van der Waals surface area contributed by atoms with Crippen LogP contribution in [0.15, 0.2) is 48.5 Å². The summed E-state index contributed by atoms with van der Waals surface area (Å²) in [6, 6.07) is 16.8. The van der Waals surface area contributed by atoms with Gasteiger partial charge in [-0.1, -0.05) is 72.2 Å². The molecule has 3 rings (SSSR count). The molecule has 3 aromatic rings. The Morgan fingerprint density at radius 3 is 1.23 bits per heavy atom. The Kier molecular flexibility index (Phi) is 6.85. The second-order valence-electron chi connectivity index (χ2n) is 6.03. The quantitative estimate of drug-likeness (QED) is 0.204. The third-order valence-electron chi connectivity index (χ3n) is 4.23. The van der Waals surface area contributed by atoms with Gasteiger partial charge in [0.1, 0.15) is 0 Å². The van der Waals surface area contributed by atoms with Crippen LogP contribution in [-0.2, 0) is 0 Å². The molecule has 0 saturated carbocycles. The molecule has 0 fully saturated rings. The van der Waals surface area contributed by atoms with Crippen LogP contribution >= 0.6 is 23.2 Å². The van der Waals surface area contributed by atoms with Crippen LogP contribution in [0.25, 0.3) is 21.5 Å². The van der Waals surface area contributed by atoms with E-state index < -0.39 is 0 Å².